The summed E-state index contributed by atoms with van der Waals surface area (Å²) >= 11 is 15.1. The third-order valence-electron chi connectivity index (χ3n) is 2.77. The number of aryl methyl sites for hydroxylation is 2. The van der Waals surface area contributed by atoms with Gasteiger partial charge in [0.2, 0.25) is 0 Å². The van der Waals surface area contributed by atoms with Crippen molar-refractivity contribution in [3.63, 3.8) is 0 Å². The molecule has 0 aliphatic rings. The van der Waals surface area contributed by atoms with Crippen molar-refractivity contribution in [1.29, 1.82) is 0 Å². The number of thiophene rings is 1. The molecule has 1 heterocycles. The highest BCUT2D eigenvalue weighted by molar-refractivity contribution is 9.12. The average molecular weight is 413 g/mol. The van der Waals surface area contributed by atoms with Crippen LogP contribution in [0, 0.1) is 19.7 Å². The van der Waals surface area contributed by atoms with E-state index in [1.165, 1.54) is 12.1 Å². The van der Waals surface area contributed by atoms with Crippen LogP contribution in [0.4, 0.5) is 4.39 Å². The van der Waals surface area contributed by atoms with Crippen LogP contribution in [-0.2, 0) is 0 Å². The van der Waals surface area contributed by atoms with Crippen molar-refractivity contribution in [2.75, 3.05) is 0 Å². The van der Waals surface area contributed by atoms with Gasteiger partial charge in [0.25, 0.3) is 0 Å². The van der Waals surface area contributed by atoms with E-state index in [0.29, 0.717) is 0 Å². The fraction of sp³-hybridized carbons (Fsp3) is 0.231. The maximum atomic E-state index is 13.3. The van der Waals surface area contributed by atoms with E-state index >= 15 is 0 Å². The summed E-state index contributed by atoms with van der Waals surface area (Å²) in [5.74, 6) is -0.219. The maximum Gasteiger partial charge on any atom is 0.123 e. The van der Waals surface area contributed by atoms with E-state index < -0.39 is 0 Å². The molecule has 1 aromatic carbocycles. The monoisotopic (exact) mass is 410 g/mol. The molecule has 1 aromatic heterocycles. The van der Waals surface area contributed by atoms with Gasteiger partial charge in [-0.1, -0.05) is 0 Å². The first-order valence-electron chi connectivity index (χ1n) is 5.25. The molecule has 1 unspecified atom stereocenters. The summed E-state index contributed by atoms with van der Waals surface area (Å²) < 4.78 is 15.3. The predicted molar refractivity (Wildman–Crippen MR) is 83.3 cm³/mol. The van der Waals surface area contributed by atoms with Crippen LogP contribution in [0.3, 0.4) is 0 Å². The third-order valence-corrected chi connectivity index (χ3v) is 5.61. The van der Waals surface area contributed by atoms with Crippen LogP contribution in [0.1, 0.15) is 27.6 Å². The zero-order valence-electron chi connectivity index (χ0n) is 9.73. The highest BCUT2D eigenvalue weighted by Crippen LogP contribution is 2.42. The molecular weight excluding hydrogens is 402 g/mol. The van der Waals surface area contributed by atoms with Gasteiger partial charge in [-0.05, 0) is 80.6 Å². The van der Waals surface area contributed by atoms with Crippen LogP contribution in [0.15, 0.2) is 25.8 Å². The summed E-state index contributed by atoms with van der Waals surface area (Å²) in [5, 5.41) is -0.275. The van der Waals surface area contributed by atoms with Gasteiger partial charge in [-0.3, -0.25) is 0 Å². The third kappa shape index (κ3) is 2.82. The average Bonchev–Trinajstić information content (AvgIpc) is 2.56. The molecule has 0 bridgehead atoms. The van der Waals surface area contributed by atoms with E-state index in [1.54, 1.807) is 11.3 Å². The van der Waals surface area contributed by atoms with Crippen molar-refractivity contribution >= 4 is 54.8 Å². The van der Waals surface area contributed by atoms with E-state index in [9.17, 15) is 4.39 Å². The summed E-state index contributed by atoms with van der Waals surface area (Å²) in [6.45, 7) is 3.77. The second-order valence-corrected chi connectivity index (χ2v) is 8.28. The molecule has 1 atom stereocenters. The largest absolute Gasteiger partial charge is 0.207 e. The first kappa shape index (κ1) is 14.5. The zero-order valence-corrected chi connectivity index (χ0v) is 14.5. The molecule has 0 saturated carbocycles. The van der Waals surface area contributed by atoms with Gasteiger partial charge in [0.05, 0.1) is 12.9 Å². The Kier molecular flexibility index (Phi) is 4.52. The lowest BCUT2D eigenvalue weighted by molar-refractivity contribution is 0.624. The fourth-order valence-corrected chi connectivity index (χ4v) is 5.62. The number of hydrogen-bond acceptors (Lipinski definition) is 1. The Balaban J connectivity index is 2.52. The Morgan fingerprint density at radius 3 is 2.17 bits per heavy atom. The molecule has 0 N–H and O–H groups in total. The second-order valence-electron chi connectivity index (χ2n) is 4.10. The molecule has 0 aliphatic carbocycles. The van der Waals surface area contributed by atoms with Crippen LogP contribution in [0.5, 0.6) is 0 Å². The van der Waals surface area contributed by atoms with E-state index in [0.717, 1.165) is 29.8 Å². The second kappa shape index (κ2) is 5.61. The molecule has 5 heteroatoms. The molecule has 0 saturated heterocycles. The van der Waals surface area contributed by atoms with Gasteiger partial charge in [0, 0.05) is 5.56 Å². The molecule has 0 spiro atoms. The minimum Gasteiger partial charge on any atom is -0.207 e. The van der Waals surface area contributed by atoms with Crippen molar-refractivity contribution in [2.24, 2.45) is 0 Å². The lowest BCUT2D eigenvalue weighted by atomic mass is 9.97. The summed E-state index contributed by atoms with van der Waals surface area (Å²) in [6, 6.07) is 5.04. The van der Waals surface area contributed by atoms with Crippen LogP contribution < -0.4 is 0 Å². The van der Waals surface area contributed by atoms with E-state index in [2.05, 4.69) is 31.9 Å². The Hall–Kier alpha value is 0.1000. The lowest BCUT2D eigenvalue weighted by Gasteiger charge is -2.15. The first-order chi connectivity index (χ1) is 8.40. The fourth-order valence-electron chi connectivity index (χ4n) is 2.00. The van der Waals surface area contributed by atoms with Crippen molar-refractivity contribution < 1.29 is 4.39 Å². The van der Waals surface area contributed by atoms with Crippen LogP contribution in [0.2, 0.25) is 0 Å². The molecule has 18 heavy (non-hydrogen) atoms. The number of alkyl halides is 1. The van der Waals surface area contributed by atoms with Crippen LogP contribution in [-0.4, -0.2) is 0 Å². The predicted octanol–water partition coefficient (Wildman–Crippen LogP) is 6.36. The van der Waals surface area contributed by atoms with Gasteiger partial charge in [0.15, 0.2) is 0 Å². The molecule has 2 rings (SSSR count). The summed E-state index contributed by atoms with van der Waals surface area (Å²) in [6.07, 6.45) is 0. The zero-order chi connectivity index (χ0) is 13.4. The van der Waals surface area contributed by atoms with Gasteiger partial charge in [-0.25, -0.2) is 4.39 Å². The van der Waals surface area contributed by atoms with Crippen molar-refractivity contribution in [3.05, 3.63) is 53.8 Å². The molecule has 0 radical (unpaired) electrons. The molecular formula is C13H10Br2ClFS. The van der Waals surface area contributed by atoms with Gasteiger partial charge in [-0.15, -0.1) is 22.9 Å². The minimum atomic E-state index is -0.275. The van der Waals surface area contributed by atoms with Gasteiger partial charge in [-0.2, -0.15) is 0 Å². The molecule has 0 amide bonds. The molecule has 0 aliphatic heterocycles. The normalized spacial score (nSPS) is 12.8. The molecule has 0 nitrogen and oxygen atoms in total. The van der Waals surface area contributed by atoms with Crippen molar-refractivity contribution in [3.8, 4) is 0 Å². The SMILES string of the molecule is Cc1cc(F)cc(C)c1C(Cl)c1cc(Br)sc1Br. The standard InChI is InChI=1S/C13H10Br2ClFS/c1-6-3-8(17)4-7(2)11(6)12(16)9-5-10(14)18-13(9)15/h3-5,12H,1-2H3. The highest BCUT2D eigenvalue weighted by atomic mass is 79.9. The Labute approximate surface area is 131 Å². The quantitative estimate of drug-likeness (QED) is 0.504. The van der Waals surface area contributed by atoms with E-state index in [4.69, 9.17) is 11.6 Å². The van der Waals surface area contributed by atoms with Crippen molar-refractivity contribution in [1.82, 2.24) is 0 Å². The highest BCUT2D eigenvalue weighted by Gasteiger charge is 2.20. The molecule has 2 aromatic rings. The Morgan fingerprint density at radius 1 is 1.17 bits per heavy atom. The smallest absolute Gasteiger partial charge is 0.123 e. The van der Waals surface area contributed by atoms with Gasteiger partial charge in [0.1, 0.15) is 5.82 Å². The topological polar surface area (TPSA) is 0 Å². The minimum absolute atomic E-state index is 0.219. The summed E-state index contributed by atoms with van der Waals surface area (Å²) in [7, 11) is 0. The van der Waals surface area contributed by atoms with Crippen molar-refractivity contribution in [2.45, 2.75) is 19.2 Å². The summed E-state index contributed by atoms with van der Waals surface area (Å²) in [4.78, 5) is 0. The number of halogens is 4. The summed E-state index contributed by atoms with van der Waals surface area (Å²) in [5.41, 5.74) is 3.74. The number of benzene rings is 1. The van der Waals surface area contributed by atoms with E-state index in [-0.39, 0.29) is 11.2 Å². The lowest BCUT2D eigenvalue weighted by Crippen LogP contribution is -2.00. The van der Waals surface area contributed by atoms with Gasteiger partial charge < -0.3 is 0 Å². The Bertz CT molecular complexity index is 572. The number of hydrogen-bond donors (Lipinski definition) is 0. The maximum absolute atomic E-state index is 13.3. The van der Waals surface area contributed by atoms with Crippen LogP contribution >= 0.6 is 54.8 Å². The van der Waals surface area contributed by atoms with Crippen LogP contribution in [0.25, 0.3) is 0 Å². The Morgan fingerprint density at radius 2 is 1.72 bits per heavy atom. The first-order valence-corrected chi connectivity index (χ1v) is 8.09. The van der Waals surface area contributed by atoms with E-state index in [1.807, 2.05) is 19.9 Å². The molecule has 0 fully saturated rings. The van der Waals surface area contributed by atoms with Gasteiger partial charge >= 0.3 is 0 Å². The molecule has 96 valence electrons. The number of rotatable bonds is 2.